The van der Waals surface area contributed by atoms with Crippen LogP contribution in [0.1, 0.15) is 38.6 Å². The fraction of sp³-hybridized carbons (Fsp3) is 0.412. The molecule has 0 aliphatic carbocycles. The van der Waals surface area contributed by atoms with Crippen molar-refractivity contribution < 1.29 is 14.3 Å². The van der Waals surface area contributed by atoms with Crippen LogP contribution in [0.15, 0.2) is 24.3 Å². The number of carbonyl (C=O) groups excluding carboxylic acids is 2. The lowest BCUT2D eigenvalue weighted by atomic mass is 10.0. The van der Waals surface area contributed by atoms with Gasteiger partial charge in [0.05, 0.1) is 22.3 Å². The van der Waals surface area contributed by atoms with E-state index in [9.17, 15) is 14.9 Å². The number of hydrogen-bond donors (Lipinski definition) is 1. The molecule has 7 heteroatoms. The first-order valence-electron chi connectivity index (χ1n) is 7.49. The molecule has 0 spiro atoms. The number of hydrogen-bond acceptors (Lipinski definition) is 6. The summed E-state index contributed by atoms with van der Waals surface area (Å²) in [5.74, 6) is -1.44. The van der Waals surface area contributed by atoms with Crippen LogP contribution in [0.3, 0.4) is 0 Å². The highest BCUT2D eigenvalue weighted by molar-refractivity contribution is 7.18. The standard InChI is InChI=1S/C17H19N3O3S/c1-10(19-16(22)23-17(2,3)4)14(21)11(9-18)15-20-12-7-5-6-8-13(12)24-15/h5-8,10-11H,1-4H3,(H,19,22)/t10-,11-/m0/s1. The summed E-state index contributed by atoms with van der Waals surface area (Å²) in [7, 11) is 0. The van der Waals surface area contributed by atoms with Crippen LogP contribution in [0.25, 0.3) is 10.2 Å². The largest absolute Gasteiger partial charge is 0.444 e. The van der Waals surface area contributed by atoms with Crippen molar-refractivity contribution in [3.8, 4) is 6.07 Å². The molecule has 0 saturated carbocycles. The van der Waals surface area contributed by atoms with Gasteiger partial charge in [-0.05, 0) is 39.8 Å². The van der Waals surface area contributed by atoms with E-state index in [1.807, 2.05) is 30.3 Å². The Labute approximate surface area is 144 Å². The first-order chi connectivity index (χ1) is 11.2. The molecule has 2 atom stereocenters. The van der Waals surface area contributed by atoms with Crippen LogP contribution in [-0.4, -0.2) is 28.5 Å². The minimum atomic E-state index is -1.02. The molecule has 1 heterocycles. The normalized spacial score (nSPS) is 13.8. The van der Waals surface area contributed by atoms with E-state index in [4.69, 9.17) is 4.74 Å². The number of ether oxygens (including phenoxy) is 1. The van der Waals surface area contributed by atoms with Crippen molar-refractivity contribution in [2.75, 3.05) is 0 Å². The third-order valence-electron chi connectivity index (χ3n) is 3.13. The molecule has 1 aromatic carbocycles. The highest BCUT2D eigenvalue weighted by Crippen LogP contribution is 2.28. The van der Waals surface area contributed by atoms with E-state index >= 15 is 0 Å². The maximum absolute atomic E-state index is 12.5. The maximum atomic E-state index is 12.5. The summed E-state index contributed by atoms with van der Waals surface area (Å²) in [6.07, 6.45) is -0.690. The molecule has 2 rings (SSSR count). The predicted octanol–water partition coefficient (Wildman–Crippen LogP) is 3.39. The summed E-state index contributed by atoms with van der Waals surface area (Å²) < 4.78 is 6.04. The van der Waals surface area contributed by atoms with Gasteiger partial charge in [0, 0.05) is 0 Å². The summed E-state index contributed by atoms with van der Waals surface area (Å²) in [6, 6.07) is 8.58. The second-order valence-corrected chi connectivity index (χ2v) is 7.41. The number of Topliss-reactive ketones (excluding diaryl/α,β-unsaturated/α-hetero) is 1. The SMILES string of the molecule is C[C@H](NC(=O)OC(C)(C)C)C(=O)[C@H](C#N)c1nc2ccccc2s1. The van der Waals surface area contributed by atoms with Crippen LogP contribution in [0.2, 0.25) is 0 Å². The van der Waals surface area contributed by atoms with Gasteiger partial charge in [0.2, 0.25) is 0 Å². The predicted molar refractivity (Wildman–Crippen MR) is 91.8 cm³/mol. The van der Waals surface area contributed by atoms with Crippen molar-refractivity contribution in [2.24, 2.45) is 0 Å². The molecule has 1 N–H and O–H groups in total. The van der Waals surface area contributed by atoms with E-state index in [1.165, 1.54) is 18.3 Å². The molecule has 0 fully saturated rings. The molecule has 0 radical (unpaired) electrons. The highest BCUT2D eigenvalue weighted by Gasteiger charge is 2.30. The first-order valence-corrected chi connectivity index (χ1v) is 8.31. The zero-order valence-electron chi connectivity index (χ0n) is 14.0. The van der Waals surface area contributed by atoms with Crippen molar-refractivity contribution >= 4 is 33.4 Å². The van der Waals surface area contributed by atoms with Gasteiger partial charge in [-0.1, -0.05) is 12.1 Å². The number of aromatic nitrogens is 1. The third kappa shape index (κ3) is 4.30. The van der Waals surface area contributed by atoms with Crippen molar-refractivity contribution in [3.05, 3.63) is 29.3 Å². The Morgan fingerprint density at radius 2 is 2.00 bits per heavy atom. The zero-order chi connectivity index (χ0) is 17.9. The summed E-state index contributed by atoms with van der Waals surface area (Å²) in [5.41, 5.74) is 0.0902. The van der Waals surface area contributed by atoms with Crippen molar-refractivity contribution in [1.29, 1.82) is 5.26 Å². The quantitative estimate of drug-likeness (QED) is 0.917. The molecule has 1 aromatic heterocycles. The number of alkyl carbamates (subject to hydrolysis) is 1. The average molecular weight is 345 g/mol. The number of thiazole rings is 1. The van der Waals surface area contributed by atoms with E-state index in [2.05, 4.69) is 10.3 Å². The lowest BCUT2D eigenvalue weighted by Crippen LogP contribution is -2.43. The van der Waals surface area contributed by atoms with E-state index in [0.29, 0.717) is 5.01 Å². The Kier molecular flexibility index (Phi) is 5.20. The number of fused-ring (bicyclic) bond motifs is 1. The number of para-hydroxylation sites is 1. The van der Waals surface area contributed by atoms with Gasteiger partial charge in [-0.15, -0.1) is 11.3 Å². The molecule has 0 bridgehead atoms. The van der Waals surface area contributed by atoms with Gasteiger partial charge < -0.3 is 10.1 Å². The van der Waals surface area contributed by atoms with E-state index in [0.717, 1.165) is 10.2 Å². The Morgan fingerprint density at radius 1 is 1.33 bits per heavy atom. The molecule has 1 amide bonds. The average Bonchev–Trinajstić information content (AvgIpc) is 2.89. The van der Waals surface area contributed by atoms with E-state index < -0.39 is 29.4 Å². The molecule has 0 aliphatic rings. The number of amides is 1. The maximum Gasteiger partial charge on any atom is 0.408 e. The summed E-state index contributed by atoms with van der Waals surface area (Å²) in [4.78, 5) is 28.7. The Bertz CT molecular complexity index is 768. The third-order valence-corrected chi connectivity index (χ3v) is 4.23. The van der Waals surface area contributed by atoms with Crippen LogP contribution in [0.4, 0.5) is 4.79 Å². The molecule has 6 nitrogen and oxygen atoms in total. The Balaban J connectivity index is 2.13. The topological polar surface area (TPSA) is 92.1 Å². The monoisotopic (exact) mass is 345 g/mol. The first kappa shape index (κ1) is 17.9. The molecule has 2 aromatic rings. The number of benzene rings is 1. The summed E-state index contributed by atoms with van der Waals surface area (Å²) >= 11 is 1.31. The molecule has 126 valence electrons. The van der Waals surface area contributed by atoms with Crippen molar-refractivity contribution in [1.82, 2.24) is 10.3 Å². The Morgan fingerprint density at radius 3 is 2.58 bits per heavy atom. The molecular weight excluding hydrogens is 326 g/mol. The van der Waals surface area contributed by atoms with Crippen molar-refractivity contribution in [2.45, 2.75) is 45.3 Å². The fourth-order valence-electron chi connectivity index (χ4n) is 2.06. The van der Waals surface area contributed by atoms with E-state index in [-0.39, 0.29) is 0 Å². The highest BCUT2D eigenvalue weighted by atomic mass is 32.1. The smallest absolute Gasteiger partial charge is 0.408 e. The minimum absolute atomic E-state index is 0.414. The van der Waals surface area contributed by atoms with Crippen LogP contribution < -0.4 is 5.32 Å². The van der Waals surface area contributed by atoms with Gasteiger partial charge in [-0.3, -0.25) is 4.79 Å². The second kappa shape index (κ2) is 6.97. The van der Waals surface area contributed by atoms with Gasteiger partial charge in [0.1, 0.15) is 10.6 Å². The number of nitriles is 1. The summed E-state index contributed by atoms with van der Waals surface area (Å²) in [6.45, 7) is 6.73. The molecule has 0 unspecified atom stereocenters. The molecule has 0 aliphatic heterocycles. The van der Waals surface area contributed by atoms with Gasteiger partial charge in [0.15, 0.2) is 11.7 Å². The molecule has 0 saturated heterocycles. The van der Waals surface area contributed by atoms with Gasteiger partial charge in [0.25, 0.3) is 0 Å². The lowest BCUT2D eigenvalue weighted by Gasteiger charge is -2.22. The zero-order valence-corrected chi connectivity index (χ0v) is 14.8. The summed E-state index contributed by atoms with van der Waals surface area (Å²) in [5, 5.41) is 12.3. The fourth-order valence-corrected chi connectivity index (χ4v) is 3.08. The number of nitrogens with zero attached hydrogens (tertiary/aromatic N) is 2. The second-order valence-electron chi connectivity index (χ2n) is 6.35. The van der Waals surface area contributed by atoms with Crippen LogP contribution >= 0.6 is 11.3 Å². The molecular formula is C17H19N3O3S. The number of carbonyl (C=O) groups is 2. The minimum Gasteiger partial charge on any atom is -0.444 e. The van der Waals surface area contributed by atoms with Crippen molar-refractivity contribution in [3.63, 3.8) is 0 Å². The molecule has 24 heavy (non-hydrogen) atoms. The lowest BCUT2D eigenvalue weighted by molar-refractivity contribution is -0.121. The van der Waals surface area contributed by atoms with Gasteiger partial charge in [-0.25, -0.2) is 9.78 Å². The number of rotatable bonds is 4. The van der Waals surface area contributed by atoms with Crippen LogP contribution in [0.5, 0.6) is 0 Å². The van der Waals surface area contributed by atoms with E-state index in [1.54, 1.807) is 20.8 Å². The van der Waals surface area contributed by atoms with Gasteiger partial charge >= 0.3 is 6.09 Å². The number of ketones is 1. The van der Waals surface area contributed by atoms with Crippen LogP contribution in [-0.2, 0) is 9.53 Å². The van der Waals surface area contributed by atoms with Crippen LogP contribution in [0, 0.1) is 11.3 Å². The Hall–Kier alpha value is -2.46. The van der Waals surface area contributed by atoms with Gasteiger partial charge in [-0.2, -0.15) is 5.26 Å². The number of nitrogens with one attached hydrogen (secondary N) is 1.